The molecule has 0 spiro atoms. The second kappa shape index (κ2) is 61.2. The summed E-state index contributed by atoms with van der Waals surface area (Å²) >= 11 is 0. The summed E-state index contributed by atoms with van der Waals surface area (Å²) in [6.45, 7) is 4.75. The van der Waals surface area contributed by atoms with Crippen molar-refractivity contribution in [3.8, 4) is 0 Å². The molecule has 0 bridgehead atoms. The summed E-state index contributed by atoms with van der Waals surface area (Å²) in [6.07, 6.45) is 0. The van der Waals surface area contributed by atoms with Crippen molar-refractivity contribution >= 4 is 0 Å². The van der Waals surface area contributed by atoms with Crippen LogP contribution in [0.25, 0.3) is 0 Å². The summed E-state index contributed by atoms with van der Waals surface area (Å²) in [5.41, 5.74) is 0. The molecule has 26 valence electrons. The molecule has 0 unspecified atom stereocenters. The molecule has 0 saturated carbocycles. The molecule has 3 heteroatoms. The van der Waals surface area contributed by atoms with E-state index in [4.69, 9.17) is 11.8 Å². The van der Waals surface area contributed by atoms with Crippen LogP contribution in [0, 0.1) is 11.8 Å². The average molecular weight is 272 g/mol. The molecular formula is CFeNOs-. The van der Waals surface area contributed by atoms with E-state index in [2.05, 4.69) is 0 Å². The Kier molecular flexibility index (Phi) is 349. The largest absolute Gasteiger partial charge is 0.512 e. The monoisotopic (exact) mass is 274 g/mol. The number of hydrogen-bond acceptors (Lipinski definition) is 1. The maximum Gasteiger partial charge on any atom is 0 e. The van der Waals surface area contributed by atoms with Crippen molar-refractivity contribution in [3.05, 3.63) is 6.57 Å². The van der Waals surface area contributed by atoms with Crippen molar-refractivity contribution in [2.24, 2.45) is 0 Å². The smallest absolute Gasteiger partial charge is 0 e. The average Bonchev–Trinajstić information content (AvgIpc) is 1.00. The van der Waals surface area contributed by atoms with Gasteiger partial charge in [0.1, 0.15) is 0 Å². The molecule has 0 amide bonds. The minimum Gasteiger partial charge on any atom is -0.512 e. The van der Waals surface area contributed by atoms with Gasteiger partial charge in [0.15, 0.2) is 0 Å². The van der Waals surface area contributed by atoms with Crippen LogP contribution in [-0.4, -0.2) is 0 Å². The van der Waals surface area contributed by atoms with Gasteiger partial charge in [0, 0.05) is 36.9 Å². The summed E-state index contributed by atoms with van der Waals surface area (Å²) in [4.78, 5) is 0. The molecule has 0 rings (SSSR count). The van der Waals surface area contributed by atoms with E-state index in [1.54, 1.807) is 0 Å². The van der Waals surface area contributed by atoms with Crippen molar-refractivity contribution in [2.45, 2.75) is 0 Å². The van der Waals surface area contributed by atoms with Gasteiger partial charge in [-0.05, 0) is 0 Å². The zero-order valence-corrected chi connectivity index (χ0v) is 5.30. The summed E-state index contributed by atoms with van der Waals surface area (Å²) in [6, 6.07) is 0. The van der Waals surface area contributed by atoms with E-state index in [0.717, 1.165) is 0 Å². The van der Waals surface area contributed by atoms with Crippen LogP contribution >= 0.6 is 0 Å². The van der Waals surface area contributed by atoms with Gasteiger partial charge in [-0.25, -0.2) is 0 Å². The zero-order chi connectivity index (χ0) is 2.00. The Bertz CT molecular complexity index is 12.8. The molecule has 0 N–H and O–H groups in total. The standard InChI is InChI=1S/CN.Fe.Os/c1-2;;/q-1;;. The molecule has 0 heterocycles. The molecule has 0 aromatic heterocycles. The van der Waals surface area contributed by atoms with Crippen LogP contribution in [0.2, 0.25) is 0 Å². The molecular weight excluding hydrogens is 272 g/mol. The Hall–Kier alpha value is 0.646. The second-order valence-electron chi connectivity index (χ2n) is 0. The first-order valence-corrected chi connectivity index (χ1v) is 0.224. The Balaban J connectivity index is -0.00000000500. The van der Waals surface area contributed by atoms with Crippen molar-refractivity contribution < 1.29 is 36.9 Å². The van der Waals surface area contributed by atoms with Crippen LogP contribution in [0.5, 0.6) is 0 Å². The molecule has 0 aliphatic heterocycles. The fourth-order valence-corrected chi connectivity index (χ4v) is 0. The minimum absolute atomic E-state index is 0. The maximum absolute atomic E-state index is 6.25. The van der Waals surface area contributed by atoms with E-state index < -0.39 is 0 Å². The Morgan fingerprint density at radius 2 is 1.25 bits per heavy atom. The van der Waals surface area contributed by atoms with Crippen LogP contribution in [0.1, 0.15) is 0 Å². The fourth-order valence-electron chi connectivity index (χ4n) is 0. The Labute approximate surface area is 48.9 Å². The van der Waals surface area contributed by atoms with Gasteiger partial charge < -0.3 is 11.8 Å². The predicted molar refractivity (Wildman–Crippen MR) is 4.97 cm³/mol. The number of rotatable bonds is 0. The van der Waals surface area contributed by atoms with E-state index in [0.29, 0.717) is 0 Å². The molecule has 0 radical (unpaired) electrons. The molecule has 0 aromatic rings. The normalized spacial score (nSPS) is 0.500. The quantitative estimate of drug-likeness (QED) is 0.453. The van der Waals surface area contributed by atoms with Crippen molar-refractivity contribution in [2.75, 3.05) is 0 Å². The van der Waals surface area contributed by atoms with Crippen LogP contribution in [-0.2, 0) is 36.9 Å². The SMILES string of the molecule is [C-]#N.[Fe].[Os]. The van der Waals surface area contributed by atoms with Crippen molar-refractivity contribution in [3.63, 3.8) is 0 Å². The third-order valence-corrected chi connectivity index (χ3v) is 0. The van der Waals surface area contributed by atoms with E-state index in [9.17, 15) is 0 Å². The number of nitrogens with zero attached hydrogens (tertiary/aromatic N) is 1. The van der Waals surface area contributed by atoms with Crippen LogP contribution in [0.15, 0.2) is 0 Å². The van der Waals surface area contributed by atoms with Gasteiger partial charge in [0.2, 0.25) is 0 Å². The van der Waals surface area contributed by atoms with Crippen LogP contribution < -0.4 is 0 Å². The summed E-state index contributed by atoms with van der Waals surface area (Å²) in [5, 5.41) is 6.25. The first-order chi connectivity index (χ1) is 1.00. The summed E-state index contributed by atoms with van der Waals surface area (Å²) < 4.78 is 0. The first kappa shape index (κ1) is 22.8. The van der Waals surface area contributed by atoms with Gasteiger partial charge in [0.05, 0.1) is 0 Å². The molecule has 0 aromatic carbocycles. The Morgan fingerprint density at radius 1 is 1.25 bits per heavy atom. The topological polar surface area (TPSA) is 23.8 Å². The van der Waals surface area contributed by atoms with Crippen molar-refractivity contribution in [1.82, 2.24) is 0 Å². The van der Waals surface area contributed by atoms with E-state index in [1.807, 2.05) is 0 Å². The third kappa shape index (κ3) is 17.2. The Morgan fingerprint density at radius 3 is 1.25 bits per heavy atom. The molecule has 0 fully saturated rings. The van der Waals surface area contributed by atoms with E-state index in [-0.39, 0.29) is 36.9 Å². The predicted octanol–water partition coefficient (Wildman–Crippen LogP) is 0.0914. The zero-order valence-electron chi connectivity index (χ0n) is 1.65. The van der Waals surface area contributed by atoms with Crippen molar-refractivity contribution in [1.29, 1.82) is 5.26 Å². The van der Waals surface area contributed by atoms with Gasteiger partial charge >= 0.3 is 0 Å². The van der Waals surface area contributed by atoms with Gasteiger partial charge in [-0.3, -0.25) is 0 Å². The fraction of sp³-hybridized carbons (Fsp3) is 0. The molecule has 0 aliphatic carbocycles. The van der Waals surface area contributed by atoms with Gasteiger partial charge in [-0.2, -0.15) is 0 Å². The molecule has 4 heavy (non-hydrogen) atoms. The second-order valence-corrected chi connectivity index (χ2v) is 0. The summed E-state index contributed by atoms with van der Waals surface area (Å²) in [5.74, 6) is 0. The number of hydrogen-bond donors (Lipinski definition) is 0. The van der Waals surface area contributed by atoms with Gasteiger partial charge in [-0.1, -0.05) is 0 Å². The van der Waals surface area contributed by atoms with E-state index in [1.165, 1.54) is 0 Å². The third-order valence-electron chi connectivity index (χ3n) is 0. The molecule has 0 saturated heterocycles. The summed E-state index contributed by atoms with van der Waals surface area (Å²) in [7, 11) is 0. The van der Waals surface area contributed by atoms with Gasteiger partial charge in [-0.15, -0.1) is 0 Å². The first-order valence-electron chi connectivity index (χ1n) is 0.224. The maximum atomic E-state index is 6.25. The van der Waals surface area contributed by atoms with Gasteiger partial charge in [0.25, 0.3) is 0 Å². The molecule has 0 atom stereocenters. The minimum atomic E-state index is 0. The molecule has 1 nitrogen and oxygen atoms in total. The van der Waals surface area contributed by atoms with E-state index >= 15 is 0 Å². The molecule has 0 aliphatic rings. The van der Waals surface area contributed by atoms with Crippen LogP contribution in [0.4, 0.5) is 0 Å². The van der Waals surface area contributed by atoms with Crippen LogP contribution in [0.3, 0.4) is 0 Å².